The van der Waals surface area contributed by atoms with Crippen molar-refractivity contribution in [3.63, 3.8) is 0 Å². The molecule has 4 nitrogen and oxygen atoms in total. The minimum Gasteiger partial charge on any atom is -0.508 e. The Balaban J connectivity index is 2.27. The van der Waals surface area contributed by atoms with Gasteiger partial charge in [0, 0.05) is 6.54 Å². The van der Waals surface area contributed by atoms with Crippen LogP contribution in [-0.4, -0.2) is 27.7 Å². The molecular weight excluding hydrogens is 238 g/mol. The fraction of sp³-hybridized carbons (Fsp3) is 0.167. The highest BCUT2D eigenvalue weighted by atomic mass is 32.2. The maximum Gasteiger partial charge on any atom is 0.293 e. The molecule has 0 bridgehead atoms. The summed E-state index contributed by atoms with van der Waals surface area (Å²) in [5.41, 5.74) is 0.782. The van der Waals surface area contributed by atoms with Gasteiger partial charge < -0.3 is 5.11 Å². The third-order valence-corrected chi connectivity index (χ3v) is 3.29. The molecule has 0 saturated carbocycles. The third-order valence-electron chi connectivity index (χ3n) is 2.38. The first-order valence-corrected chi connectivity index (χ1v) is 5.98. The van der Waals surface area contributed by atoms with E-state index in [0.29, 0.717) is 11.4 Å². The van der Waals surface area contributed by atoms with Gasteiger partial charge in [0.25, 0.3) is 11.1 Å². The van der Waals surface area contributed by atoms with E-state index in [2.05, 4.69) is 0 Å². The monoisotopic (exact) mass is 249 g/mol. The average molecular weight is 249 g/mol. The number of rotatable bonds is 2. The normalized spacial score (nSPS) is 18.2. The molecule has 17 heavy (non-hydrogen) atoms. The Morgan fingerprint density at radius 1 is 1.29 bits per heavy atom. The van der Waals surface area contributed by atoms with Gasteiger partial charge in [0.2, 0.25) is 0 Å². The lowest BCUT2D eigenvalue weighted by Gasteiger charge is -2.06. The van der Waals surface area contributed by atoms with Crippen molar-refractivity contribution in [2.45, 2.75) is 6.92 Å². The van der Waals surface area contributed by atoms with Gasteiger partial charge in [0.1, 0.15) is 5.75 Å². The van der Waals surface area contributed by atoms with Gasteiger partial charge >= 0.3 is 0 Å². The Hall–Kier alpha value is -1.75. The van der Waals surface area contributed by atoms with Crippen molar-refractivity contribution in [2.24, 2.45) is 0 Å². The topological polar surface area (TPSA) is 57.6 Å². The van der Waals surface area contributed by atoms with Gasteiger partial charge in [-0.25, -0.2) is 0 Å². The fourth-order valence-electron chi connectivity index (χ4n) is 1.49. The molecule has 0 radical (unpaired) electrons. The molecule has 0 spiro atoms. The van der Waals surface area contributed by atoms with Crippen LogP contribution in [0.25, 0.3) is 6.08 Å². The highest BCUT2D eigenvalue weighted by molar-refractivity contribution is 8.18. The Kier molecular flexibility index (Phi) is 3.19. The predicted octanol–water partition coefficient (Wildman–Crippen LogP) is 2.45. The summed E-state index contributed by atoms with van der Waals surface area (Å²) in [4.78, 5) is 24.9. The molecule has 1 aliphatic rings. The summed E-state index contributed by atoms with van der Waals surface area (Å²) in [5, 5.41) is 8.90. The van der Waals surface area contributed by atoms with Crippen LogP contribution in [0.4, 0.5) is 4.79 Å². The van der Waals surface area contributed by atoms with E-state index in [4.69, 9.17) is 5.11 Å². The zero-order chi connectivity index (χ0) is 12.4. The van der Waals surface area contributed by atoms with Gasteiger partial charge in [0.15, 0.2) is 0 Å². The smallest absolute Gasteiger partial charge is 0.293 e. The Morgan fingerprint density at radius 2 is 1.94 bits per heavy atom. The van der Waals surface area contributed by atoms with E-state index < -0.39 is 0 Å². The number of imide groups is 1. The standard InChI is InChI=1S/C12H11NO3S/c1-2-13-11(15)10(17-12(13)16)7-8-3-5-9(14)6-4-8/h3-7,14H,2H2,1H3/b10-7-. The molecule has 5 heteroatoms. The third kappa shape index (κ3) is 2.34. The summed E-state index contributed by atoms with van der Waals surface area (Å²) in [6, 6.07) is 6.45. The summed E-state index contributed by atoms with van der Waals surface area (Å²) in [5.74, 6) is -0.0839. The molecule has 0 aliphatic carbocycles. The molecule has 1 saturated heterocycles. The molecule has 0 atom stereocenters. The van der Waals surface area contributed by atoms with Crippen LogP contribution in [0.3, 0.4) is 0 Å². The van der Waals surface area contributed by atoms with Crippen molar-refractivity contribution in [2.75, 3.05) is 6.54 Å². The number of phenols is 1. The average Bonchev–Trinajstić information content (AvgIpc) is 2.57. The first-order chi connectivity index (χ1) is 8.11. The van der Waals surface area contributed by atoms with E-state index in [1.54, 1.807) is 25.1 Å². The molecule has 2 amide bonds. The Labute approximate surface area is 103 Å². The van der Waals surface area contributed by atoms with Crippen LogP contribution in [0.15, 0.2) is 29.2 Å². The molecule has 2 rings (SSSR count). The van der Waals surface area contributed by atoms with Crippen LogP contribution in [-0.2, 0) is 4.79 Å². The lowest BCUT2D eigenvalue weighted by molar-refractivity contribution is -0.122. The predicted molar refractivity (Wildman–Crippen MR) is 66.5 cm³/mol. The largest absolute Gasteiger partial charge is 0.508 e. The van der Waals surface area contributed by atoms with Crippen LogP contribution < -0.4 is 0 Å². The number of amides is 2. The van der Waals surface area contributed by atoms with E-state index in [0.717, 1.165) is 17.3 Å². The van der Waals surface area contributed by atoms with Gasteiger partial charge in [-0.1, -0.05) is 12.1 Å². The highest BCUT2D eigenvalue weighted by Gasteiger charge is 2.33. The summed E-state index contributed by atoms with van der Waals surface area (Å²) in [7, 11) is 0. The SMILES string of the molecule is CCN1C(=O)S/C(=C\c2ccc(O)cc2)C1=O. The first-order valence-electron chi connectivity index (χ1n) is 5.16. The van der Waals surface area contributed by atoms with Crippen molar-refractivity contribution < 1.29 is 14.7 Å². The van der Waals surface area contributed by atoms with Crippen LogP contribution >= 0.6 is 11.8 Å². The zero-order valence-corrected chi connectivity index (χ0v) is 10.0. The molecule has 88 valence electrons. The molecule has 0 aromatic heterocycles. The van der Waals surface area contributed by atoms with E-state index in [1.165, 1.54) is 17.0 Å². The molecule has 1 N–H and O–H groups in total. The lowest BCUT2D eigenvalue weighted by atomic mass is 10.2. The van der Waals surface area contributed by atoms with E-state index in [9.17, 15) is 9.59 Å². The minimum atomic E-state index is -0.254. The van der Waals surface area contributed by atoms with Crippen molar-refractivity contribution in [1.82, 2.24) is 4.90 Å². The molecule has 1 heterocycles. The Morgan fingerprint density at radius 3 is 2.47 bits per heavy atom. The second-order valence-electron chi connectivity index (χ2n) is 3.52. The number of thioether (sulfide) groups is 1. The van der Waals surface area contributed by atoms with Crippen molar-refractivity contribution in [1.29, 1.82) is 0 Å². The summed E-state index contributed by atoms with van der Waals surface area (Å²) >= 11 is 0.941. The van der Waals surface area contributed by atoms with Gasteiger partial charge in [-0.05, 0) is 42.5 Å². The van der Waals surface area contributed by atoms with Crippen molar-refractivity contribution in [3.05, 3.63) is 34.7 Å². The number of carbonyl (C=O) groups is 2. The van der Waals surface area contributed by atoms with Gasteiger partial charge in [0.05, 0.1) is 4.91 Å². The number of likely N-dealkylation sites (N-methyl/N-ethyl adjacent to an activating group) is 1. The Bertz CT molecular complexity index is 493. The zero-order valence-electron chi connectivity index (χ0n) is 9.21. The van der Waals surface area contributed by atoms with E-state index in [-0.39, 0.29) is 16.9 Å². The summed E-state index contributed by atoms with van der Waals surface area (Å²) in [6.45, 7) is 2.15. The lowest BCUT2D eigenvalue weighted by Crippen LogP contribution is -2.27. The molecule has 1 aliphatic heterocycles. The molecule has 1 fully saturated rings. The number of phenolic OH excluding ortho intramolecular Hbond substituents is 1. The van der Waals surface area contributed by atoms with Gasteiger partial charge in [-0.15, -0.1) is 0 Å². The second-order valence-corrected chi connectivity index (χ2v) is 4.51. The number of hydrogen-bond donors (Lipinski definition) is 1. The number of nitrogens with zero attached hydrogens (tertiary/aromatic N) is 1. The maximum absolute atomic E-state index is 11.8. The number of hydrogen-bond acceptors (Lipinski definition) is 4. The number of aromatic hydroxyl groups is 1. The van der Waals surface area contributed by atoms with Crippen LogP contribution in [0.1, 0.15) is 12.5 Å². The molecule has 1 aromatic rings. The van der Waals surface area contributed by atoms with E-state index in [1.807, 2.05) is 0 Å². The van der Waals surface area contributed by atoms with Gasteiger partial charge in [-0.3, -0.25) is 14.5 Å². The van der Waals surface area contributed by atoms with E-state index >= 15 is 0 Å². The van der Waals surface area contributed by atoms with Crippen LogP contribution in [0.5, 0.6) is 5.75 Å². The molecular formula is C12H11NO3S. The highest BCUT2D eigenvalue weighted by Crippen LogP contribution is 2.31. The first kappa shape index (κ1) is 11.7. The fourth-order valence-corrected chi connectivity index (χ4v) is 2.40. The summed E-state index contributed by atoms with van der Waals surface area (Å²) in [6.07, 6.45) is 1.65. The molecule has 0 unspecified atom stereocenters. The maximum atomic E-state index is 11.8. The second kappa shape index (κ2) is 4.63. The molecule has 1 aromatic carbocycles. The van der Waals surface area contributed by atoms with Crippen molar-refractivity contribution >= 4 is 29.0 Å². The summed E-state index contributed by atoms with van der Waals surface area (Å²) < 4.78 is 0. The quantitative estimate of drug-likeness (QED) is 0.818. The number of carbonyl (C=O) groups excluding carboxylic acids is 2. The van der Waals surface area contributed by atoms with Gasteiger partial charge in [-0.2, -0.15) is 0 Å². The number of benzene rings is 1. The van der Waals surface area contributed by atoms with Crippen LogP contribution in [0.2, 0.25) is 0 Å². The minimum absolute atomic E-state index is 0.170. The van der Waals surface area contributed by atoms with Crippen molar-refractivity contribution in [3.8, 4) is 5.75 Å². The van der Waals surface area contributed by atoms with Crippen LogP contribution in [0, 0.1) is 0 Å².